The first-order valence-electron chi connectivity index (χ1n) is 4.65. The van der Waals surface area contributed by atoms with Gasteiger partial charge >= 0.3 is 5.91 Å². The van der Waals surface area contributed by atoms with Crippen LogP contribution in [-0.2, 0) is 9.59 Å². The van der Waals surface area contributed by atoms with Gasteiger partial charge in [-0.3, -0.25) is 9.59 Å². The molecule has 0 saturated heterocycles. The second-order valence-corrected chi connectivity index (χ2v) is 3.40. The molecule has 14 heavy (non-hydrogen) atoms. The molecule has 1 amide bonds. The van der Waals surface area contributed by atoms with Gasteiger partial charge in [-0.25, -0.2) is 0 Å². The summed E-state index contributed by atoms with van der Waals surface area (Å²) in [5.74, 6) is -1.20. The number of Topliss-reactive ketones (excluding diaryl/α,β-unsaturated/α-hetero) is 1. The molecule has 0 aromatic carbocycles. The molecule has 0 saturated carbocycles. The number of rotatable bonds is 1. The summed E-state index contributed by atoms with van der Waals surface area (Å²) >= 11 is 0. The third-order valence-corrected chi connectivity index (χ3v) is 2.46. The summed E-state index contributed by atoms with van der Waals surface area (Å²) in [7, 11) is 0. The predicted octanol–water partition coefficient (Wildman–Crippen LogP) is 1.79. The summed E-state index contributed by atoms with van der Waals surface area (Å²) < 4.78 is 0. The highest BCUT2D eigenvalue weighted by Crippen LogP contribution is 2.26. The third kappa shape index (κ3) is 1.55. The van der Waals surface area contributed by atoms with E-state index in [9.17, 15) is 9.59 Å². The van der Waals surface area contributed by atoms with Crippen LogP contribution >= 0.6 is 0 Å². The Balaban J connectivity index is 2.24. The van der Waals surface area contributed by atoms with E-state index in [-0.39, 0.29) is 5.92 Å². The standard InChI is InChI=1S/C10H10N2O2/c13-9-8(6-11-12-10(9)14)7-4-2-1-3-5-7/h2,4,6-7H,1,3,5H2. The van der Waals surface area contributed by atoms with Crippen molar-refractivity contribution in [2.75, 3.05) is 0 Å². The van der Waals surface area contributed by atoms with Gasteiger partial charge in [0.15, 0.2) is 0 Å². The molecule has 1 heterocycles. The van der Waals surface area contributed by atoms with Crippen molar-refractivity contribution in [1.82, 2.24) is 0 Å². The molecule has 4 nitrogen and oxygen atoms in total. The molecular weight excluding hydrogens is 180 g/mol. The van der Waals surface area contributed by atoms with E-state index in [1.54, 1.807) is 0 Å². The van der Waals surface area contributed by atoms with Gasteiger partial charge in [0.05, 0.1) is 6.20 Å². The number of hydrogen-bond donors (Lipinski definition) is 0. The number of azo groups is 1. The monoisotopic (exact) mass is 190 g/mol. The van der Waals surface area contributed by atoms with Gasteiger partial charge in [-0.1, -0.05) is 12.2 Å². The first-order valence-corrected chi connectivity index (χ1v) is 4.65. The van der Waals surface area contributed by atoms with E-state index in [0.717, 1.165) is 19.3 Å². The highest BCUT2D eigenvalue weighted by atomic mass is 16.2. The van der Waals surface area contributed by atoms with Gasteiger partial charge < -0.3 is 0 Å². The number of carbonyl (C=O) groups excluding carboxylic acids is 2. The molecule has 0 aromatic rings. The van der Waals surface area contributed by atoms with Crippen LogP contribution in [0.1, 0.15) is 19.3 Å². The first kappa shape index (κ1) is 8.99. The lowest BCUT2D eigenvalue weighted by molar-refractivity contribution is -0.134. The Labute approximate surface area is 81.4 Å². The number of hydrogen-bond acceptors (Lipinski definition) is 3. The quantitative estimate of drug-likeness (QED) is 0.467. The third-order valence-electron chi connectivity index (χ3n) is 2.46. The van der Waals surface area contributed by atoms with Gasteiger partial charge in [-0.2, -0.15) is 5.11 Å². The Morgan fingerprint density at radius 1 is 1.36 bits per heavy atom. The van der Waals surface area contributed by atoms with Crippen molar-refractivity contribution in [1.29, 1.82) is 0 Å². The van der Waals surface area contributed by atoms with Crippen LogP contribution in [0.5, 0.6) is 0 Å². The summed E-state index contributed by atoms with van der Waals surface area (Å²) in [6.07, 6.45) is 8.44. The smallest absolute Gasteiger partial charge is 0.283 e. The van der Waals surface area contributed by atoms with Crippen LogP contribution < -0.4 is 0 Å². The maximum absolute atomic E-state index is 11.4. The van der Waals surface area contributed by atoms with E-state index in [1.165, 1.54) is 6.20 Å². The van der Waals surface area contributed by atoms with Crippen LogP contribution in [-0.4, -0.2) is 11.7 Å². The zero-order chi connectivity index (χ0) is 9.97. The molecule has 2 aliphatic rings. The molecule has 0 aromatic heterocycles. The minimum Gasteiger partial charge on any atom is -0.283 e. The Kier molecular flexibility index (Phi) is 2.35. The molecule has 1 unspecified atom stereocenters. The first-order chi connectivity index (χ1) is 6.79. The topological polar surface area (TPSA) is 58.9 Å². The molecule has 0 radical (unpaired) electrons. The normalized spacial score (nSPS) is 26.6. The fraction of sp³-hybridized carbons (Fsp3) is 0.400. The van der Waals surface area contributed by atoms with Gasteiger partial charge in [0.1, 0.15) is 0 Å². The Hall–Kier alpha value is -1.58. The van der Waals surface area contributed by atoms with Crippen LogP contribution in [0.2, 0.25) is 0 Å². The van der Waals surface area contributed by atoms with Crippen molar-refractivity contribution in [2.24, 2.45) is 16.1 Å². The summed E-state index contributed by atoms with van der Waals surface area (Å²) in [4.78, 5) is 22.4. The number of nitrogens with zero attached hydrogens (tertiary/aromatic N) is 2. The maximum atomic E-state index is 11.4. The summed E-state index contributed by atoms with van der Waals surface area (Å²) in [5, 5.41) is 6.72. The van der Waals surface area contributed by atoms with E-state index < -0.39 is 11.7 Å². The molecule has 0 spiro atoms. The Bertz CT molecular complexity index is 366. The molecule has 1 aliphatic heterocycles. The molecule has 0 fully saturated rings. The maximum Gasteiger partial charge on any atom is 0.336 e. The lowest BCUT2D eigenvalue weighted by atomic mass is 9.87. The van der Waals surface area contributed by atoms with Crippen molar-refractivity contribution in [3.05, 3.63) is 23.9 Å². The van der Waals surface area contributed by atoms with Gasteiger partial charge in [0, 0.05) is 11.5 Å². The van der Waals surface area contributed by atoms with Crippen LogP contribution in [0, 0.1) is 5.92 Å². The number of carbonyl (C=O) groups is 2. The van der Waals surface area contributed by atoms with Crippen LogP contribution in [0.25, 0.3) is 0 Å². The molecule has 0 bridgehead atoms. The van der Waals surface area contributed by atoms with Crippen molar-refractivity contribution in [3.63, 3.8) is 0 Å². The van der Waals surface area contributed by atoms with Crippen molar-refractivity contribution >= 4 is 11.7 Å². The molecule has 4 heteroatoms. The molecule has 2 rings (SSSR count). The average Bonchev–Trinajstić information content (AvgIpc) is 2.23. The summed E-state index contributed by atoms with van der Waals surface area (Å²) in [5.41, 5.74) is 0.487. The van der Waals surface area contributed by atoms with Gasteiger partial charge in [-0.05, 0) is 19.3 Å². The zero-order valence-electron chi connectivity index (χ0n) is 7.64. The predicted molar refractivity (Wildman–Crippen MR) is 49.4 cm³/mol. The van der Waals surface area contributed by atoms with Gasteiger partial charge in [-0.15, -0.1) is 5.11 Å². The number of amides is 1. The van der Waals surface area contributed by atoms with Gasteiger partial charge in [0.25, 0.3) is 5.78 Å². The van der Waals surface area contributed by atoms with Crippen LogP contribution in [0.4, 0.5) is 0 Å². The Morgan fingerprint density at radius 3 is 2.93 bits per heavy atom. The zero-order valence-corrected chi connectivity index (χ0v) is 7.64. The van der Waals surface area contributed by atoms with E-state index in [2.05, 4.69) is 10.2 Å². The molecular formula is C10H10N2O2. The highest BCUT2D eigenvalue weighted by Gasteiger charge is 2.27. The summed E-state index contributed by atoms with van der Waals surface area (Å²) in [6.45, 7) is 0. The average molecular weight is 190 g/mol. The van der Waals surface area contributed by atoms with Crippen LogP contribution in [0.15, 0.2) is 34.2 Å². The van der Waals surface area contributed by atoms with Gasteiger partial charge in [0.2, 0.25) is 0 Å². The number of ketones is 1. The fourth-order valence-corrected chi connectivity index (χ4v) is 1.71. The highest BCUT2D eigenvalue weighted by molar-refractivity contribution is 6.43. The van der Waals surface area contributed by atoms with E-state index in [1.807, 2.05) is 12.2 Å². The van der Waals surface area contributed by atoms with Crippen molar-refractivity contribution in [3.8, 4) is 0 Å². The van der Waals surface area contributed by atoms with Crippen molar-refractivity contribution < 1.29 is 9.59 Å². The van der Waals surface area contributed by atoms with E-state index in [0.29, 0.717) is 5.57 Å². The van der Waals surface area contributed by atoms with Crippen molar-refractivity contribution in [2.45, 2.75) is 19.3 Å². The fourth-order valence-electron chi connectivity index (χ4n) is 1.71. The Morgan fingerprint density at radius 2 is 2.21 bits per heavy atom. The molecule has 1 atom stereocenters. The van der Waals surface area contributed by atoms with E-state index in [4.69, 9.17) is 0 Å². The molecule has 1 aliphatic carbocycles. The largest absolute Gasteiger partial charge is 0.336 e. The number of allylic oxidation sites excluding steroid dienone is 2. The molecule has 72 valence electrons. The lowest BCUT2D eigenvalue weighted by Gasteiger charge is -2.18. The minimum absolute atomic E-state index is 0.0550. The molecule has 0 N–H and O–H groups in total. The van der Waals surface area contributed by atoms with E-state index >= 15 is 0 Å². The second kappa shape index (κ2) is 3.65. The SMILES string of the molecule is O=C1N=NC=C(C2C=CCCC2)C1=O. The lowest BCUT2D eigenvalue weighted by Crippen LogP contribution is -2.21. The van der Waals surface area contributed by atoms with Crippen LogP contribution in [0.3, 0.4) is 0 Å². The minimum atomic E-state index is -0.749. The summed E-state index contributed by atoms with van der Waals surface area (Å²) in [6, 6.07) is 0. The second-order valence-electron chi connectivity index (χ2n) is 3.40.